The molecule has 0 aliphatic heterocycles. The zero-order chi connectivity index (χ0) is 21.1. The largest absolute Gasteiger partial charge is 0.550 e. The van der Waals surface area contributed by atoms with Gasteiger partial charge in [0.2, 0.25) is 0 Å². The number of aliphatic hydroxyl groups is 1. The van der Waals surface area contributed by atoms with Crippen LogP contribution in [-0.2, 0) is 11.2 Å². The SMILES string of the molecule is Cc1ccc(CC(C(=O)[O-])C(O)c2ccc(F)cc2)cc1OC(F)(F)C(F)F. The summed E-state index contributed by atoms with van der Waals surface area (Å²) in [5, 5.41) is 21.8. The van der Waals surface area contributed by atoms with E-state index in [1.807, 2.05) is 0 Å². The Hall–Kier alpha value is -2.68. The van der Waals surface area contributed by atoms with Crippen molar-refractivity contribution in [2.45, 2.75) is 32.0 Å². The van der Waals surface area contributed by atoms with E-state index in [1.54, 1.807) is 0 Å². The number of hydrogen-bond donors (Lipinski definition) is 1. The second-order valence-corrected chi connectivity index (χ2v) is 6.19. The predicted octanol–water partition coefficient (Wildman–Crippen LogP) is 3.01. The number of carbonyl (C=O) groups is 1. The first kappa shape index (κ1) is 21.6. The fourth-order valence-electron chi connectivity index (χ4n) is 2.54. The van der Waals surface area contributed by atoms with Crippen molar-refractivity contribution in [3.63, 3.8) is 0 Å². The molecule has 4 nitrogen and oxygen atoms in total. The van der Waals surface area contributed by atoms with Gasteiger partial charge in [-0.05, 0) is 48.2 Å². The summed E-state index contributed by atoms with van der Waals surface area (Å²) in [5.74, 6) is -4.26. The van der Waals surface area contributed by atoms with E-state index in [0.717, 1.165) is 18.2 Å². The van der Waals surface area contributed by atoms with E-state index in [1.165, 1.54) is 31.2 Å². The maximum absolute atomic E-state index is 13.2. The molecule has 0 heterocycles. The molecule has 2 atom stereocenters. The van der Waals surface area contributed by atoms with Gasteiger partial charge in [-0.3, -0.25) is 0 Å². The molecular weight excluding hydrogens is 387 g/mol. The standard InChI is InChI=1S/C19H17F5O4/c1-10-2-3-11(9-15(10)28-19(23,24)18(21)22)8-14(17(26)27)16(25)12-4-6-13(20)7-5-12/h2-7,9,14,16,18,25H,8H2,1H3,(H,26,27)/p-1. The molecule has 1 N–H and O–H groups in total. The maximum atomic E-state index is 13.2. The third-order valence-electron chi connectivity index (χ3n) is 4.10. The van der Waals surface area contributed by atoms with E-state index in [0.29, 0.717) is 0 Å². The van der Waals surface area contributed by atoms with Crippen LogP contribution in [0.15, 0.2) is 42.5 Å². The highest BCUT2D eigenvalue weighted by Gasteiger charge is 2.44. The number of carbonyl (C=O) groups excluding carboxylic acids is 1. The minimum atomic E-state index is -4.72. The Balaban J connectivity index is 2.27. The molecule has 0 aromatic heterocycles. The van der Waals surface area contributed by atoms with E-state index in [4.69, 9.17) is 0 Å². The zero-order valence-electron chi connectivity index (χ0n) is 14.5. The average molecular weight is 403 g/mol. The van der Waals surface area contributed by atoms with E-state index in [9.17, 15) is 37.0 Å². The predicted molar refractivity (Wildman–Crippen MR) is 86.3 cm³/mol. The lowest BCUT2D eigenvalue weighted by atomic mass is 9.89. The van der Waals surface area contributed by atoms with Crippen LogP contribution in [0.4, 0.5) is 22.0 Å². The molecule has 0 aliphatic carbocycles. The number of benzene rings is 2. The molecular formula is C19H16F5O4-. The van der Waals surface area contributed by atoms with E-state index in [2.05, 4.69) is 4.74 Å². The van der Waals surface area contributed by atoms with Crippen molar-refractivity contribution in [2.24, 2.45) is 5.92 Å². The number of alkyl halides is 4. The van der Waals surface area contributed by atoms with Gasteiger partial charge in [0.25, 0.3) is 0 Å². The molecule has 2 rings (SSSR count). The average Bonchev–Trinajstić information content (AvgIpc) is 2.61. The first-order chi connectivity index (χ1) is 13.0. The Labute approximate surface area is 157 Å². The second kappa shape index (κ2) is 8.55. The molecule has 0 fully saturated rings. The van der Waals surface area contributed by atoms with Crippen molar-refractivity contribution in [2.75, 3.05) is 0 Å². The van der Waals surface area contributed by atoms with E-state index in [-0.39, 0.29) is 23.1 Å². The highest BCUT2D eigenvalue weighted by atomic mass is 19.3. The number of aliphatic carboxylic acids is 1. The fourth-order valence-corrected chi connectivity index (χ4v) is 2.54. The van der Waals surface area contributed by atoms with Crippen molar-refractivity contribution in [1.82, 2.24) is 0 Å². The lowest BCUT2D eigenvalue weighted by molar-refractivity contribution is -0.314. The fraction of sp³-hybridized carbons (Fsp3) is 0.316. The number of rotatable bonds is 8. The summed E-state index contributed by atoms with van der Waals surface area (Å²) in [6, 6.07) is 8.15. The third kappa shape index (κ3) is 5.19. The van der Waals surface area contributed by atoms with Gasteiger partial charge >= 0.3 is 12.5 Å². The van der Waals surface area contributed by atoms with Crippen LogP contribution in [0.25, 0.3) is 0 Å². The summed E-state index contributed by atoms with van der Waals surface area (Å²) < 4.78 is 68.1. The number of aryl methyl sites for hydroxylation is 1. The number of carboxylic acids is 1. The molecule has 9 heteroatoms. The number of ether oxygens (including phenoxy) is 1. The lowest BCUT2D eigenvalue weighted by Gasteiger charge is -2.25. The lowest BCUT2D eigenvalue weighted by Crippen LogP contribution is -2.36. The summed E-state index contributed by atoms with van der Waals surface area (Å²) in [6.45, 7) is 1.35. The molecule has 2 unspecified atom stereocenters. The Bertz CT molecular complexity index is 824. The molecule has 0 saturated heterocycles. The van der Waals surface area contributed by atoms with Crippen molar-refractivity contribution in [3.05, 3.63) is 65.0 Å². The van der Waals surface area contributed by atoms with Crippen LogP contribution in [0.1, 0.15) is 22.8 Å². The minimum Gasteiger partial charge on any atom is -0.550 e. The van der Waals surface area contributed by atoms with Crippen LogP contribution < -0.4 is 9.84 Å². The first-order valence-corrected chi connectivity index (χ1v) is 8.10. The van der Waals surface area contributed by atoms with Crippen LogP contribution in [0, 0.1) is 18.7 Å². The van der Waals surface area contributed by atoms with Gasteiger partial charge in [-0.1, -0.05) is 24.3 Å². The Morgan fingerprint density at radius 3 is 2.32 bits per heavy atom. The smallest absolute Gasteiger partial charge is 0.461 e. The summed E-state index contributed by atoms with van der Waals surface area (Å²) in [7, 11) is 0. The molecule has 2 aromatic rings. The van der Waals surface area contributed by atoms with Crippen LogP contribution in [0.3, 0.4) is 0 Å². The quantitative estimate of drug-likeness (QED) is 0.688. The number of aliphatic hydroxyl groups excluding tert-OH is 1. The van der Waals surface area contributed by atoms with E-state index >= 15 is 0 Å². The van der Waals surface area contributed by atoms with Crippen molar-refractivity contribution < 1.29 is 41.7 Å². The van der Waals surface area contributed by atoms with Crippen molar-refractivity contribution >= 4 is 5.97 Å². The summed E-state index contributed by atoms with van der Waals surface area (Å²) in [5.41, 5.74) is 0.387. The number of hydrogen-bond acceptors (Lipinski definition) is 4. The van der Waals surface area contributed by atoms with Gasteiger partial charge < -0.3 is 19.7 Å². The summed E-state index contributed by atoms with van der Waals surface area (Å²) >= 11 is 0. The second-order valence-electron chi connectivity index (χ2n) is 6.19. The summed E-state index contributed by atoms with van der Waals surface area (Å²) in [6.07, 6.45) is -10.7. The number of halogens is 5. The molecule has 0 saturated carbocycles. The van der Waals surface area contributed by atoms with Gasteiger partial charge in [-0.25, -0.2) is 4.39 Å². The molecule has 0 aliphatic rings. The highest BCUT2D eigenvalue weighted by molar-refractivity contribution is 5.69. The molecule has 152 valence electrons. The Morgan fingerprint density at radius 1 is 1.18 bits per heavy atom. The monoisotopic (exact) mass is 403 g/mol. The van der Waals surface area contributed by atoms with Gasteiger partial charge in [-0.15, -0.1) is 0 Å². The molecule has 0 bridgehead atoms. The highest BCUT2D eigenvalue weighted by Crippen LogP contribution is 2.32. The van der Waals surface area contributed by atoms with Crippen LogP contribution in [0.2, 0.25) is 0 Å². The molecule has 2 aromatic carbocycles. The molecule has 0 spiro atoms. The van der Waals surface area contributed by atoms with Gasteiger partial charge in [-0.2, -0.15) is 17.6 Å². The van der Waals surface area contributed by atoms with Crippen LogP contribution >= 0.6 is 0 Å². The molecule has 0 amide bonds. The van der Waals surface area contributed by atoms with Crippen LogP contribution in [-0.4, -0.2) is 23.6 Å². The number of carboxylic acid groups (broad SMARTS) is 1. The molecule has 28 heavy (non-hydrogen) atoms. The van der Waals surface area contributed by atoms with Gasteiger partial charge in [0.15, 0.2) is 0 Å². The van der Waals surface area contributed by atoms with Crippen LogP contribution in [0.5, 0.6) is 5.75 Å². The summed E-state index contributed by atoms with van der Waals surface area (Å²) in [4.78, 5) is 11.5. The topological polar surface area (TPSA) is 69.6 Å². The Kier molecular flexibility index (Phi) is 6.60. The molecule has 0 radical (unpaired) electrons. The first-order valence-electron chi connectivity index (χ1n) is 8.10. The third-order valence-corrected chi connectivity index (χ3v) is 4.10. The Morgan fingerprint density at radius 2 is 1.79 bits per heavy atom. The zero-order valence-corrected chi connectivity index (χ0v) is 14.5. The van der Waals surface area contributed by atoms with Crippen molar-refractivity contribution in [3.8, 4) is 5.75 Å². The maximum Gasteiger partial charge on any atom is 0.461 e. The van der Waals surface area contributed by atoms with Gasteiger partial charge in [0.05, 0.1) is 6.10 Å². The van der Waals surface area contributed by atoms with Gasteiger partial charge in [0, 0.05) is 11.9 Å². The normalized spacial score (nSPS) is 14.0. The van der Waals surface area contributed by atoms with E-state index < -0.39 is 42.1 Å². The minimum absolute atomic E-state index is 0.114. The van der Waals surface area contributed by atoms with Crippen molar-refractivity contribution in [1.29, 1.82) is 0 Å². The van der Waals surface area contributed by atoms with Gasteiger partial charge in [0.1, 0.15) is 11.6 Å².